The van der Waals surface area contributed by atoms with Gasteiger partial charge in [-0.1, -0.05) is 96.8 Å². The number of unbranched alkanes of at least 4 members (excludes halogenated alkanes) is 14. The number of carbonyl (C=O) groups is 1. The molecular formula is C31H47N3O5. The second kappa shape index (κ2) is 18.2. The zero-order chi connectivity index (χ0) is 28.5. The maximum atomic E-state index is 12.3. The van der Waals surface area contributed by atoms with Crippen LogP contribution in [0.15, 0.2) is 38.8 Å². The van der Waals surface area contributed by atoms with E-state index in [1.54, 1.807) is 24.3 Å². The second-order valence-corrected chi connectivity index (χ2v) is 10.3. The highest BCUT2D eigenvalue weighted by Gasteiger charge is 2.13. The van der Waals surface area contributed by atoms with Crippen molar-refractivity contribution in [3.63, 3.8) is 0 Å². The lowest BCUT2D eigenvalue weighted by molar-refractivity contribution is 0.0497. The van der Waals surface area contributed by atoms with E-state index in [-0.39, 0.29) is 11.5 Å². The van der Waals surface area contributed by atoms with E-state index >= 15 is 0 Å². The number of ether oxygens (including phenoxy) is 1. The Balaban J connectivity index is 1.58. The lowest BCUT2D eigenvalue weighted by atomic mass is 10.0. The molecule has 2 rings (SSSR count). The first-order chi connectivity index (χ1) is 18.9. The highest BCUT2D eigenvalue weighted by atomic mass is 16.5. The molecule has 0 aliphatic rings. The van der Waals surface area contributed by atoms with E-state index < -0.39 is 17.1 Å². The Kier molecular flexibility index (Phi) is 14.9. The first-order valence-electron chi connectivity index (χ1n) is 14.7. The van der Waals surface area contributed by atoms with Gasteiger partial charge in [-0.05, 0) is 30.7 Å². The fraction of sp³-hybridized carbons (Fsp3) is 0.613. The van der Waals surface area contributed by atoms with Gasteiger partial charge in [-0.2, -0.15) is 0 Å². The van der Waals surface area contributed by atoms with Crippen LogP contribution in [-0.4, -0.2) is 33.0 Å². The van der Waals surface area contributed by atoms with Gasteiger partial charge in [0.2, 0.25) is 5.88 Å². The summed E-state index contributed by atoms with van der Waals surface area (Å²) in [5.74, 6) is -0.827. The number of benzene rings is 1. The van der Waals surface area contributed by atoms with Crippen molar-refractivity contribution in [3.8, 4) is 5.88 Å². The van der Waals surface area contributed by atoms with Crippen molar-refractivity contribution in [1.82, 2.24) is 9.13 Å². The molecule has 0 aliphatic carbocycles. The minimum absolute atomic E-state index is 0.0911. The van der Waals surface area contributed by atoms with Crippen molar-refractivity contribution >= 4 is 17.9 Å². The van der Waals surface area contributed by atoms with Crippen LogP contribution in [0.2, 0.25) is 0 Å². The molecule has 2 aromatic rings. The van der Waals surface area contributed by atoms with Gasteiger partial charge in [-0.3, -0.25) is 18.9 Å². The minimum atomic E-state index is -0.640. The predicted molar refractivity (Wildman–Crippen MR) is 157 cm³/mol. The van der Waals surface area contributed by atoms with Crippen molar-refractivity contribution in [1.29, 1.82) is 0 Å². The molecule has 0 unspecified atom stereocenters. The fourth-order valence-corrected chi connectivity index (χ4v) is 4.52. The summed E-state index contributed by atoms with van der Waals surface area (Å²) in [7, 11) is 2.70. The van der Waals surface area contributed by atoms with Crippen LogP contribution in [-0.2, 0) is 18.8 Å². The zero-order valence-corrected chi connectivity index (χ0v) is 24.1. The molecule has 0 saturated heterocycles. The Bertz CT molecular complexity index is 1150. The van der Waals surface area contributed by atoms with Crippen molar-refractivity contribution < 1.29 is 14.6 Å². The second-order valence-electron chi connectivity index (χ2n) is 10.3. The summed E-state index contributed by atoms with van der Waals surface area (Å²) in [6.45, 7) is 2.67. The quantitative estimate of drug-likeness (QED) is 0.123. The molecule has 1 aromatic heterocycles. The molecule has 1 aromatic carbocycles. The third-order valence-corrected chi connectivity index (χ3v) is 7.09. The van der Waals surface area contributed by atoms with E-state index in [0.717, 1.165) is 22.0 Å². The molecule has 8 heteroatoms. The Morgan fingerprint density at radius 2 is 1.28 bits per heavy atom. The van der Waals surface area contributed by atoms with Crippen LogP contribution in [0, 0.1) is 0 Å². The molecule has 8 nitrogen and oxygen atoms in total. The number of aliphatic imine (C=N–C) groups is 1. The summed E-state index contributed by atoms with van der Waals surface area (Å²) < 4.78 is 7.27. The molecule has 0 amide bonds. The van der Waals surface area contributed by atoms with Gasteiger partial charge in [-0.25, -0.2) is 9.59 Å². The van der Waals surface area contributed by atoms with E-state index in [4.69, 9.17) is 4.74 Å². The van der Waals surface area contributed by atoms with Gasteiger partial charge in [0.15, 0.2) is 0 Å². The van der Waals surface area contributed by atoms with Gasteiger partial charge >= 0.3 is 11.7 Å². The number of hydrogen-bond donors (Lipinski definition) is 1. The van der Waals surface area contributed by atoms with Crippen LogP contribution in [0.1, 0.15) is 119 Å². The van der Waals surface area contributed by atoms with Crippen molar-refractivity contribution in [2.45, 2.75) is 103 Å². The highest BCUT2D eigenvalue weighted by molar-refractivity contribution is 5.90. The number of esters is 1. The third kappa shape index (κ3) is 11.2. The summed E-state index contributed by atoms with van der Waals surface area (Å²) in [5, 5.41) is 10.1. The normalized spacial score (nSPS) is 11.4. The van der Waals surface area contributed by atoms with E-state index in [1.165, 1.54) is 104 Å². The molecular weight excluding hydrogens is 494 g/mol. The van der Waals surface area contributed by atoms with Crippen molar-refractivity contribution in [2.75, 3.05) is 6.61 Å². The summed E-state index contributed by atoms with van der Waals surface area (Å²) in [6.07, 6.45) is 20.6. The van der Waals surface area contributed by atoms with Crippen LogP contribution < -0.4 is 11.2 Å². The maximum absolute atomic E-state index is 12.3. The van der Waals surface area contributed by atoms with Crippen LogP contribution >= 0.6 is 0 Å². The first-order valence-corrected chi connectivity index (χ1v) is 14.7. The standard InChI is InChI=1S/C31H47N3O5/c1-4-5-6-7-8-9-10-11-12-13-14-15-16-17-18-23-39-30(37)25-19-21-26(22-20-25)32-24-27-28(35)33(2)31(38)34(3)29(27)36/h19-22,24,35H,4-18,23H2,1-3H3. The van der Waals surface area contributed by atoms with E-state index in [0.29, 0.717) is 17.9 Å². The Hall–Kier alpha value is -3.16. The van der Waals surface area contributed by atoms with E-state index in [1.807, 2.05) is 0 Å². The molecule has 39 heavy (non-hydrogen) atoms. The molecule has 0 fully saturated rings. The van der Waals surface area contributed by atoms with Crippen LogP contribution in [0.5, 0.6) is 5.88 Å². The lowest BCUT2D eigenvalue weighted by Gasteiger charge is -2.07. The summed E-state index contributed by atoms with van der Waals surface area (Å²) in [6, 6.07) is 6.48. The molecule has 0 atom stereocenters. The van der Waals surface area contributed by atoms with Gasteiger partial charge < -0.3 is 9.84 Å². The monoisotopic (exact) mass is 541 g/mol. The van der Waals surface area contributed by atoms with Crippen molar-refractivity contribution in [2.24, 2.45) is 19.1 Å². The molecule has 0 radical (unpaired) electrons. The Labute approximate surface area is 232 Å². The highest BCUT2D eigenvalue weighted by Crippen LogP contribution is 2.16. The smallest absolute Gasteiger partial charge is 0.338 e. The summed E-state index contributed by atoms with van der Waals surface area (Å²) >= 11 is 0. The molecule has 1 heterocycles. The Morgan fingerprint density at radius 3 is 1.79 bits per heavy atom. The molecule has 0 bridgehead atoms. The van der Waals surface area contributed by atoms with Crippen LogP contribution in [0.3, 0.4) is 0 Å². The third-order valence-electron chi connectivity index (χ3n) is 7.09. The van der Waals surface area contributed by atoms with Gasteiger partial charge in [0.1, 0.15) is 5.56 Å². The van der Waals surface area contributed by atoms with Gasteiger partial charge in [0.05, 0.1) is 17.9 Å². The zero-order valence-electron chi connectivity index (χ0n) is 24.1. The van der Waals surface area contributed by atoms with Gasteiger partial charge in [0.25, 0.3) is 5.56 Å². The molecule has 216 valence electrons. The predicted octanol–water partition coefficient (Wildman–Crippen LogP) is 6.57. The molecule has 0 saturated carbocycles. The number of aromatic hydroxyl groups is 1. The number of hydrogen-bond acceptors (Lipinski definition) is 6. The largest absolute Gasteiger partial charge is 0.494 e. The molecule has 0 spiro atoms. The average Bonchev–Trinajstić information content (AvgIpc) is 2.95. The number of nitrogens with zero attached hydrogens (tertiary/aromatic N) is 3. The van der Waals surface area contributed by atoms with Gasteiger partial charge in [0, 0.05) is 20.3 Å². The summed E-state index contributed by atoms with van der Waals surface area (Å²) in [4.78, 5) is 40.6. The summed E-state index contributed by atoms with van der Waals surface area (Å²) in [5.41, 5.74) is -0.438. The maximum Gasteiger partial charge on any atom is 0.338 e. The van der Waals surface area contributed by atoms with Crippen LogP contribution in [0.25, 0.3) is 0 Å². The lowest BCUT2D eigenvalue weighted by Crippen LogP contribution is -2.38. The molecule has 0 aliphatic heterocycles. The average molecular weight is 542 g/mol. The van der Waals surface area contributed by atoms with Gasteiger partial charge in [-0.15, -0.1) is 0 Å². The van der Waals surface area contributed by atoms with E-state index in [9.17, 15) is 19.5 Å². The molecule has 1 N–H and O–H groups in total. The van der Waals surface area contributed by atoms with Crippen molar-refractivity contribution in [3.05, 3.63) is 56.2 Å². The topological polar surface area (TPSA) is 103 Å². The first kappa shape index (κ1) is 32.1. The Morgan fingerprint density at radius 1 is 0.795 bits per heavy atom. The minimum Gasteiger partial charge on any atom is -0.494 e. The van der Waals surface area contributed by atoms with E-state index in [2.05, 4.69) is 11.9 Å². The number of aromatic nitrogens is 2. The SMILES string of the molecule is CCCCCCCCCCCCCCCCCOC(=O)c1ccc(N=Cc2c(O)n(C)c(=O)n(C)c2=O)cc1. The fourth-order valence-electron chi connectivity index (χ4n) is 4.52. The number of carbonyl (C=O) groups excluding carboxylic acids is 1. The number of rotatable bonds is 19. The van der Waals surface area contributed by atoms with Crippen LogP contribution in [0.4, 0.5) is 5.69 Å².